The van der Waals surface area contributed by atoms with Crippen molar-refractivity contribution in [2.75, 3.05) is 13.1 Å². The van der Waals surface area contributed by atoms with Crippen molar-refractivity contribution < 1.29 is 9.59 Å². The molecule has 2 amide bonds. The lowest BCUT2D eigenvalue weighted by Crippen LogP contribution is -2.60. The summed E-state index contributed by atoms with van der Waals surface area (Å²) in [6, 6.07) is -0.308. The number of hydrogen-bond acceptors (Lipinski definition) is 2. The molecule has 4 nitrogen and oxygen atoms in total. The first-order valence-corrected chi connectivity index (χ1v) is 7.20. The summed E-state index contributed by atoms with van der Waals surface area (Å²) in [4.78, 5) is 25.9. The lowest BCUT2D eigenvalue weighted by atomic mass is 9.95. The maximum absolute atomic E-state index is 12.4. The van der Waals surface area contributed by atoms with Gasteiger partial charge in [0, 0.05) is 6.54 Å². The van der Waals surface area contributed by atoms with E-state index < -0.39 is 0 Å². The number of rotatable bonds is 4. The fourth-order valence-electron chi connectivity index (χ4n) is 3.01. The topological polar surface area (TPSA) is 49.4 Å². The lowest BCUT2D eigenvalue weighted by Gasteiger charge is -2.36. The minimum absolute atomic E-state index is 0.00195. The van der Waals surface area contributed by atoms with Gasteiger partial charge in [0.2, 0.25) is 11.8 Å². The van der Waals surface area contributed by atoms with Crippen LogP contribution in [0, 0.1) is 11.8 Å². The Morgan fingerprint density at radius 1 is 1.33 bits per heavy atom. The second kappa shape index (κ2) is 5.72. The van der Waals surface area contributed by atoms with Gasteiger partial charge in [0.15, 0.2) is 0 Å². The Balaban J connectivity index is 2.00. The van der Waals surface area contributed by atoms with Crippen LogP contribution in [0.5, 0.6) is 0 Å². The van der Waals surface area contributed by atoms with Crippen LogP contribution in [0.1, 0.15) is 46.0 Å². The molecule has 1 saturated carbocycles. The maximum atomic E-state index is 12.4. The van der Waals surface area contributed by atoms with Crippen LogP contribution in [0.15, 0.2) is 0 Å². The number of carbonyl (C=O) groups excluding carboxylic acids is 2. The Labute approximate surface area is 109 Å². The third-order valence-electron chi connectivity index (χ3n) is 4.39. The standard InChI is InChI=1S/C14H24N2O2/c1-3-10(2)13-14(18)16(9-12(17)15-13)8-11-6-4-5-7-11/h10-11,13H,3-9H2,1-2H3,(H,15,17). The van der Waals surface area contributed by atoms with Crippen LogP contribution in [0.25, 0.3) is 0 Å². The third kappa shape index (κ3) is 2.85. The Hall–Kier alpha value is -1.06. The number of carbonyl (C=O) groups is 2. The van der Waals surface area contributed by atoms with Gasteiger partial charge in [-0.25, -0.2) is 0 Å². The molecule has 1 saturated heterocycles. The highest BCUT2D eigenvalue weighted by Crippen LogP contribution is 2.26. The summed E-state index contributed by atoms with van der Waals surface area (Å²) >= 11 is 0. The minimum atomic E-state index is -0.308. The van der Waals surface area contributed by atoms with Crippen LogP contribution in [-0.4, -0.2) is 35.8 Å². The Morgan fingerprint density at radius 2 is 2.00 bits per heavy atom. The molecule has 2 rings (SSSR count). The zero-order chi connectivity index (χ0) is 13.1. The first-order chi connectivity index (χ1) is 8.61. The van der Waals surface area contributed by atoms with E-state index in [1.54, 1.807) is 4.90 Å². The van der Waals surface area contributed by atoms with Crippen molar-refractivity contribution in [1.82, 2.24) is 10.2 Å². The molecule has 2 fully saturated rings. The molecule has 0 aromatic rings. The molecule has 2 aliphatic rings. The van der Waals surface area contributed by atoms with E-state index in [0.29, 0.717) is 5.92 Å². The van der Waals surface area contributed by atoms with E-state index >= 15 is 0 Å². The molecule has 1 aliphatic heterocycles. The highest BCUT2D eigenvalue weighted by molar-refractivity contribution is 5.95. The Bertz CT molecular complexity index is 324. The SMILES string of the molecule is CCC(C)C1NC(=O)CN(CC2CCCC2)C1=O. The van der Waals surface area contributed by atoms with Crippen LogP contribution >= 0.6 is 0 Å². The summed E-state index contributed by atoms with van der Waals surface area (Å²) in [5.74, 6) is 0.944. The third-order valence-corrected chi connectivity index (χ3v) is 4.39. The number of hydrogen-bond donors (Lipinski definition) is 1. The van der Waals surface area contributed by atoms with Gasteiger partial charge < -0.3 is 10.2 Å². The molecule has 4 heteroatoms. The molecule has 0 aromatic carbocycles. The highest BCUT2D eigenvalue weighted by Gasteiger charge is 2.36. The Kier molecular flexibility index (Phi) is 4.25. The van der Waals surface area contributed by atoms with Crippen LogP contribution in [-0.2, 0) is 9.59 Å². The molecular formula is C14H24N2O2. The average molecular weight is 252 g/mol. The lowest BCUT2D eigenvalue weighted by molar-refractivity contribution is -0.146. The highest BCUT2D eigenvalue weighted by atomic mass is 16.2. The average Bonchev–Trinajstić information content (AvgIpc) is 2.85. The molecule has 102 valence electrons. The smallest absolute Gasteiger partial charge is 0.245 e. The first-order valence-electron chi connectivity index (χ1n) is 7.20. The van der Waals surface area contributed by atoms with Gasteiger partial charge in [-0.1, -0.05) is 33.1 Å². The van der Waals surface area contributed by atoms with E-state index in [4.69, 9.17) is 0 Å². The molecule has 1 N–H and O–H groups in total. The fourth-order valence-corrected chi connectivity index (χ4v) is 3.01. The molecule has 1 heterocycles. The van der Waals surface area contributed by atoms with Crippen molar-refractivity contribution >= 4 is 11.8 Å². The van der Waals surface area contributed by atoms with Gasteiger partial charge in [0.1, 0.15) is 6.04 Å². The molecule has 1 aliphatic carbocycles. The van der Waals surface area contributed by atoms with Crippen molar-refractivity contribution in [3.05, 3.63) is 0 Å². The van der Waals surface area contributed by atoms with Crippen LogP contribution in [0.2, 0.25) is 0 Å². The van der Waals surface area contributed by atoms with Crippen LogP contribution in [0.4, 0.5) is 0 Å². The summed E-state index contributed by atoms with van der Waals surface area (Å²) in [5, 5.41) is 2.84. The van der Waals surface area contributed by atoms with E-state index in [1.807, 2.05) is 6.92 Å². The van der Waals surface area contributed by atoms with Crippen LogP contribution in [0.3, 0.4) is 0 Å². The van der Waals surface area contributed by atoms with Crippen molar-refractivity contribution in [3.8, 4) is 0 Å². The van der Waals surface area contributed by atoms with Gasteiger partial charge >= 0.3 is 0 Å². The van der Waals surface area contributed by atoms with Crippen molar-refractivity contribution in [2.45, 2.75) is 52.0 Å². The van der Waals surface area contributed by atoms with Crippen molar-refractivity contribution in [1.29, 1.82) is 0 Å². The van der Waals surface area contributed by atoms with Gasteiger partial charge in [-0.15, -0.1) is 0 Å². The van der Waals surface area contributed by atoms with Gasteiger partial charge in [-0.3, -0.25) is 9.59 Å². The largest absolute Gasteiger partial charge is 0.342 e. The molecule has 2 unspecified atom stereocenters. The summed E-state index contributed by atoms with van der Waals surface area (Å²) < 4.78 is 0. The normalized spacial score (nSPS) is 27.4. The molecule has 0 aromatic heterocycles. The summed E-state index contributed by atoms with van der Waals surface area (Å²) in [7, 11) is 0. The molecular weight excluding hydrogens is 228 g/mol. The monoisotopic (exact) mass is 252 g/mol. The molecule has 0 bridgehead atoms. The minimum Gasteiger partial charge on any atom is -0.342 e. The van der Waals surface area contributed by atoms with Crippen LogP contribution < -0.4 is 5.32 Å². The van der Waals surface area contributed by atoms with Crippen molar-refractivity contribution in [3.63, 3.8) is 0 Å². The number of amides is 2. The molecule has 0 radical (unpaired) electrons. The number of nitrogens with one attached hydrogen (secondary N) is 1. The second-order valence-electron chi connectivity index (χ2n) is 5.80. The fraction of sp³-hybridized carbons (Fsp3) is 0.857. The maximum Gasteiger partial charge on any atom is 0.245 e. The first kappa shape index (κ1) is 13.4. The molecule has 2 atom stereocenters. The zero-order valence-corrected chi connectivity index (χ0v) is 11.4. The van der Waals surface area contributed by atoms with E-state index in [1.165, 1.54) is 25.7 Å². The predicted molar refractivity (Wildman–Crippen MR) is 69.9 cm³/mol. The summed E-state index contributed by atoms with van der Waals surface area (Å²) in [6.07, 6.45) is 5.87. The van der Waals surface area contributed by atoms with E-state index in [0.717, 1.165) is 13.0 Å². The van der Waals surface area contributed by atoms with Gasteiger partial charge in [0.05, 0.1) is 6.54 Å². The van der Waals surface area contributed by atoms with E-state index in [-0.39, 0.29) is 30.3 Å². The van der Waals surface area contributed by atoms with Gasteiger partial charge in [-0.2, -0.15) is 0 Å². The summed E-state index contributed by atoms with van der Waals surface area (Å²) in [5.41, 5.74) is 0. The van der Waals surface area contributed by atoms with Crippen molar-refractivity contribution in [2.24, 2.45) is 11.8 Å². The second-order valence-corrected chi connectivity index (χ2v) is 5.80. The Morgan fingerprint density at radius 3 is 2.61 bits per heavy atom. The van der Waals surface area contributed by atoms with Gasteiger partial charge in [0.25, 0.3) is 0 Å². The molecule has 18 heavy (non-hydrogen) atoms. The number of piperazine rings is 1. The quantitative estimate of drug-likeness (QED) is 0.825. The molecule has 0 spiro atoms. The van der Waals surface area contributed by atoms with E-state index in [2.05, 4.69) is 12.2 Å². The number of nitrogens with zero attached hydrogens (tertiary/aromatic N) is 1. The van der Waals surface area contributed by atoms with Gasteiger partial charge in [-0.05, 0) is 24.7 Å². The zero-order valence-electron chi connectivity index (χ0n) is 11.4. The predicted octanol–water partition coefficient (Wildman–Crippen LogP) is 1.55. The summed E-state index contributed by atoms with van der Waals surface area (Å²) in [6.45, 7) is 5.11. The van der Waals surface area contributed by atoms with E-state index in [9.17, 15) is 9.59 Å².